The summed E-state index contributed by atoms with van der Waals surface area (Å²) in [6.07, 6.45) is 0. The van der Waals surface area contributed by atoms with E-state index in [2.05, 4.69) is 75.6 Å². The van der Waals surface area contributed by atoms with Gasteiger partial charge >= 0.3 is 19.7 Å². The van der Waals surface area contributed by atoms with Crippen LogP contribution in [0.3, 0.4) is 0 Å². The van der Waals surface area contributed by atoms with Gasteiger partial charge in [0.2, 0.25) is 0 Å². The largest absolute Gasteiger partial charge is 0.513 e. The van der Waals surface area contributed by atoms with Crippen LogP contribution in [0.4, 0.5) is 5.69 Å². The zero-order valence-electron chi connectivity index (χ0n) is 30.5. The summed E-state index contributed by atoms with van der Waals surface area (Å²) in [4.78, 5) is 38.0. The number of hydrogen-bond acceptors (Lipinski definition) is 11. The van der Waals surface area contributed by atoms with Gasteiger partial charge in [-0.15, -0.1) is 0 Å². The molecule has 1 unspecified atom stereocenters. The van der Waals surface area contributed by atoms with Gasteiger partial charge in [0, 0.05) is 55.9 Å². The molecule has 0 heterocycles. The zero-order chi connectivity index (χ0) is 37.3. The van der Waals surface area contributed by atoms with E-state index in [4.69, 9.17) is 18.9 Å². The van der Waals surface area contributed by atoms with Crippen LogP contribution in [0.5, 0.6) is 11.5 Å². The van der Waals surface area contributed by atoms with Crippen molar-refractivity contribution >= 4 is 25.4 Å². The summed E-state index contributed by atoms with van der Waals surface area (Å²) in [5, 5.41) is 25.2. The number of aliphatic carboxylic acids is 1. The summed E-state index contributed by atoms with van der Waals surface area (Å²) in [5.41, 5.74) is -0.145. The predicted molar refractivity (Wildman–Crippen MR) is 191 cm³/mol. The number of carbonyl (C=O) groups excluding carboxylic acids is 1. The first-order chi connectivity index (χ1) is 22.9. The molecule has 49 heavy (non-hydrogen) atoms. The van der Waals surface area contributed by atoms with Crippen LogP contribution in [0.15, 0.2) is 54.6 Å². The van der Waals surface area contributed by atoms with Gasteiger partial charge in [-0.3, -0.25) is 29.5 Å². The van der Waals surface area contributed by atoms with Crippen molar-refractivity contribution < 1.29 is 38.0 Å². The summed E-state index contributed by atoms with van der Waals surface area (Å²) < 4.78 is 30.0. The second-order valence-electron chi connectivity index (χ2n) is 12.6. The topological polar surface area (TPSA) is 173 Å². The maximum atomic E-state index is 13.5. The van der Waals surface area contributed by atoms with Gasteiger partial charge in [-0.2, -0.15) is 5.09 Å². The van der Waals surface area contributed by atoms with Crippen molar-refractivity contribution in [3.05, 3.63) is 64.7 Å². The molecule has 0 aliphatic heterocycles. The molecule has 0 saturated heterocycles. The van der Waals surface area contributed by atoms with E-state index in [1.54, 1.807) is 37.3 Å². The van der Waals surface area contributed by atoms with Crippen LogP contribution in [-0.2, 0) is 18.9 Å². The van der Waals surface area contributed by atoms with Gasteiger partial charge in [0.25, 0.3) is 5.69 Å². The Morgan fingerprint density at radius 1 is 0.776 bits per heavy atom. The number of nitro benzene ring substituents is 1. The molecule has 0 saturated carbocycles. The van der Waals surface area contributed by atoms with Crippen LogP contribution in [0, 0.1) is 10.1 Å². The Labute approximate surface area is 291 Å². The highest BCUT2D eigenvalue weighted by Crippen LogP contribution is 2.45. The van der Waals surface area contributed by atoms with Crippen molar-refractivity contribution in [3.63, 3.8) is 0 Å². The van der Waals surface area contributed by atoms with E-state index in [1.165, 1.54) is 31.2 Å². The fourth-order valence-corrected chi connectivity index (χ4v) is 6.37. The van der Waals surface area contributed by atoms with Crippen molar-refractivity contribution in [2.75, 3.05) is 26.2 Å². The van der Waals surface area contributed by atoms with Crippen LogP contribution in [0.2, 0.25) is 0 Å². The Morgan fingerprint density at radius 3 is 1.69 bits per heavy atom. The molecular weight excluding hydrogens is 653 g/mol. The summed E-state index contributed by atoms with van der Waals surface area (Å²) in [6, 6.07) is 13.5. The molecule has 3 atom stereocenters. The minimum atomic E-state index is -4.13. The lowest BCUT2D eigenvalue weighted by molar-refractivity contribution is -0.384. The molecule has 15 heteroatoms. The lowest BCUT2D eigenvalue weighted by Crippen LogP contribution is -2.44. The number of esters is 1. The van der Waals surface area contributed by atoms with Gasteiger partial charge in [-0.05, 0) is 93.5 Å². The minimum absolute atomic E-state index is 0.0717. The highest BCUT2D eigenvalue weighted by atomic mass is 31.2. The summed E-state index contributed by atoms with van der Waals surface area (Å²) in [7, 11) is -4.13. The lowest BCUT2D eigenvalue weighted by Gasteiger charge is -2.30. The maximum absolute atomic E-state index is 13.5. The van der Waals surface area contributed by atoms with Crippen LogP contribution in [0.1, 0.15) is 69.2 Å². The summed E-state index contributed by atoms with van der Waals surface area (Å²) in [6.45, 7) is 22.4. The molecule has 3 N–H and O–H groups in total. The maximum Gasteiger partial charge on any atom is 0.513 e. The van der Waals surface area contributed by atoms with Crippen LogP contribution < -0.4 is 19.5 Å². The van der Waals surface area contributed by atoms with Crippen molar-refractivity contribution in [1.82, 2.24) is 20.2 Å². The molecule has 276 valence electrons. The first-order valence-electron chi connectivity index (χ1n) is 16.6. The molecule has 0 aliphatic rings. The molecule has 14 nitrogen and oxygen atoms in total. The van der Waals surface area contributed by atoms with Gasteiger partial charge < -0.3 is 24.2 Å². The smallest absolute Gasteiger partial charge is 0.480 e. The van der Waals surface area contributed by atoms with E-state index in [0.29, 0.717) is 37.3 Å². The third-order valence-corrected chi connectivity index (χ3v) is 8.99. The molecule has 2 rings (SSSR count). The Morgan fingerprint density at radius 2 is 1.24 bits per heavy atom. The van der Waals surface area contributed by atoms with E-state index < -0.39 is 36.7 Å². The Kier molecular flexibility index (Phi) is 19.1. The number of benzene rings is 2. The van der Waals surface area contributed by atoms with E-state index in [0.717, 1.165) is 6.54 Å². The average Bonchev–Trinajstić information content (AvgIpc) is 3.01. The third-order valence-electron chi connectivity index (χ3n) is 7.39. The quantitative estimate of drug-likeness (QED) is 0.0636. The number of para-hydroxylation sites is 1. The fraction of sp³-hybridized carbons (Fsp3) is 0.588. The van der Waals surface area contributed by atoms with E-state index in [-0.39, 0.29) is 23.8 Å². The van der Waals surface area contributed by atoms with Crippen molar-refractivity contribution in [2.45, 2.75) is 105 Å². The van der Waals surface area contributed by atoms with Gasteiger partial charge in [0.15, 0.2) is 0 Å². The number of carboxylic acid groups (broad SMARTS) is 1. The molecule has 0 amide bonds. The van der Waals surface area contributed by atoms with Gasteiger partial charge in [-0.25, -0.2) is 4.57 Å². The Balaban J connectivity index is 0.000000673. The Hall–Kier alpha value is -3.55. The number of carbonyl (C=O) groups is 2. The van der Waals surface area contributed by atoms with E-state index in [1.807, 2.05) is 0 Å². The minimum Gasteiger partial charge on any atom is -0.480 e. The van der Waals surface area contributed by atoms with Gasteiger partial charge in [0.1, 0.15) is 30.2 Å². The first-order valence-corrected chi connectivity index (χ1v) is 18.1. The standard InChI is InChI=1S/C23H32N3O7P.C11H24N2O2/c1-17(2)25(18(3)4)15-16-31-23(27)19(5)24-34(30,32-21-9-7-6-8-10-21)33-22-13-11-20(12-14-22)26(28)29;1-8(2)13(9(3)4)7-6-12-10(5)11(14)15/h6-14,17-19H,15-16H2,1-5H3,(H,24,30);8-10,12H,6-7H2,1-5H3,(H,14,15)/t19-,34?;10-/m00/s1. The number of hydrogen-bond donors (Lipinski definition) is 3. The predicted octanol–water partition coefficient (Wildman–Crippen LogP) is 5.97. The molecule has 2 aromatic rings. The van der Waals surface area contributed by atoms with E-state index >= 15 is 0 Å². The number of rotatable bonds is 20. The number of nitrogens with one attached hydrogen (secondary N) is 2. The Bertz CT molecular complexity index is 1310. The van der Waals surface area contributed by atoms with Gasteiger partial charge in [-0.1, -0.05) is 18.2 Å². The molecule has 0 aliphatic carbocycles. The zero-order valence-corrected chi connectivity index (χ0v) is 31.4. The monoisotopic (exact) mass is 709 g/mol. The van der Waals surface area contributed by atoms with E-state index in [9.17, 15) is 24.3 Å². The number of carboxylic acids is 1. The summed E-state index contributed by atoms with van der Waals surface area (Å²) in [5.74, 6) is -1.08. The number of ether oxygens (including phenoxy) is 1. The molecule has 0 spiro atoms. The highest BCUT2D eigenvalue weighted by Gasteiger charge is 2.34. The molecule has 0 fully saturated rings. The van der Waals surface area contributed by atoms with Crippen molar-refractivity contribution in [2.24, 2.45) is 0 Å². The summed E-state index contributed by atoms with van der Waals surface area (Å²) >= 11 is 0. The second-order valence-corrected chi connectivity index (χ2v) is 14.2. The van der Waals surface area contributed by atoms with Crippen LogP contribution in [0.25, 0.3) is 0 Å². The van der Waals surface area contributed by atoms with Gasteiger partial charge in [0.05, 0.1) is 4.92 Å². The van der Waals surface area contributed by atoms with Crippen molar-refractivity contribution in [1.29, 1.82) is 0 Å². The fourth-order valence-electron chi connectivity index (χ4n) is 4.85. The highest BCUT2D eigenvalue weighted by molar-refractivity contribution is 7.52. The number of nitro groups is 1. The van der Waals surface area contributed by atoms with Crippen LogP contribution >= 0.6 is 7.75 Å². The SMILES string of the molecule is CC(C)N(CCN[C@@H](C)C(=O)O)C(C)C.CC(C)N(CCOC(=O)[C@H](C)NP(=O)(Oc1ccccc1)Oc1ccc([N+](=O)[O-])cc1)C(C)C. The number of nitrogens with zero attached hydrogens (tertiary/aromatic N) is 3. The molecule has 2 aromatic carbocycles. The van der Waals surface area contributed by atoms with Crippen molar-refractivity contribution in [3.8, 4) is 11.5 Å². The van der Waals surface area contributed by atoms with Crippen LogP contribution in [-0.4, -0.2) is 94.3 Å². The molecular formula is C34H56N5O9P. The molecule has 0 aromatic heterocycles. The average molecular weight is 710 g/mol. The normalized spacial score (nSPS) is 14.0. The second kappa shape index (κ2) is 21.5. The lowest BCUT2D eigenvalue weighted by atomic mass is 10.2. The third kappa shape index (κ3) is 16.6. The molecule has 0 bridgehead atoms. The first kappa shape index (κ1) is 43.5. The molecule has 0 radical (unpaired) electrons. The number of non-ortho nitro benzene ring substituents is 1.